The number of carbonyl (C=O) groups is 2. The second-order valence-corrected chi connectivity index (χ2v) is 4.38. The summed E-state index contributed by atoms with van der Waals surface area (Å²) in [5, 5.41) is 9.28. The molecule has 0 spiro atoms. The standard InChI is InChI=1S/C14H12FNO3/c1-2-9-7-12(17)16(8-9)13(14(18)19)10-5-3-4-6-11(10)15/h1,3-6,9,13H,7-8H2,(H,18,19). The summed E-state index contributed by atoms with van der Waals surface area (Å²) in [7, 11) is 0. The lowest BCUT2D eigenvalue weighted by Crippen LogP contribution is -2.35. The van der Waals surface area contributed by atoms with E-state index in [9.17, 15) is 19.1 Å². The van der Waals surface area contributed by atoms with Gasteiger partial charge < -0.3 is 10.0 Å². The molecular formula is C14H12FNO3. The smallest absolute Gasteiger partial charge is 0.331 e. The Balaban J connectivity index is 2.38. The summed E-state index contributed by atoms with van der Waals surface area (Å²) in [6.07, 6.45) is 5.36. The molecule has 1 amide bonds. The molecule has 4 nitrogen and oxygen atoms in total. The minimum atomic E-state index is -1.33. The zero-order valence-corrected chi connectivity index (χ0v) is 10.0. The van der Waals surface area contributed by atoms with E-state index in [-0.39, 0.29) is 30.4 Å². The highest BCUT2D eigenvalue weighted by Gasteiger charge is 2.39. The lowest BCUT2D eigenvalue weighted by Gasteiger charge is -2.24. The van der Waals surface area contributed by atoms with E-state index in [1.54, 1.807) is 0 Å². The molecule has 19 heavy (non-hydrogen) atoms. The number of hydrogen-bond acceptors (Lipinski definition) is 2. The zero-order chi connectivity index (χ0) is 14.0. The Hall–Kier alpha value is -2.35. The van der Waals surface area contributed by atoms with Crippen molar-refractivity contribution in [2.45, 2.75) is 12.5 Å². The fourth-order valence-electron chi connectivity index (χ4n) is 2.22. The summed E-state index contributed by atoms with van der Waals surface area (Å²) < 4.78 is 13.7. The number of carboxylic acids is 1. The Morgan fingerprint density at radius 3 is 2.74 bits per heavy atom. The van der Waals surface area contributed by atoms with Crippen molar-refractivity contribution in [2.24, 2.45) is 5.92 Å². The van der Waals surface area contributed by atoms with E-state index in [4.69, 9.17) is 6.42 Å². The Bertz CT molecular complexity index is 564. The summed E-state index contributed by atoms with van der Waals surface area (Å²) in [6, 6.07) is 4.21. The van der Waals surface area contributed by atoms with E-state index in [0.717, 1.165) is 4.90 Å². The molecule has 0 aliphatic carbocycles. The predicted molar refractivity (Wildman–Crippen MR) is 65.4 cm³/mol. The van der Waals surface area contributed by atoms with E-state index in [1.165, 1.54) is 24.3 Å². The van der Waals surface area contributed by atoms with Crippen molar-refractivity contribution in [3.8, 4) is 12.3 Å². The molecule has 1 aromatic carbocycles. The van der Waals surface area contributed by atoms with Crippen LogP contribution in [0.15, 0.2) is 24.3 Å². The number of carbonyl (C=O) groups excluding carboxylic acids is 1. The molecule has 1 saturated heterocycles. The number of benzene rings is 1. The molecule has 1 aliphatic rings. The maximum absolute atomic E-state index is 13.7. The SMILES string of the molecule is C#CC1CC(=O)N(C(C(=O)O)c2ccccc2F)C1. The van der Waals surface area contributed by atoms with Crippen molar-refractivity contribution in [2.75, 3.05) is 6.54 Å². The summed E-state index contributed by atoms with van der Waals surface area (Å²) in [5.74, 6) is -0.160. The van der Waals surface area contributed by atoms with Crippen LogP contribution in [0.5, 0.6) is 0 Å². The third-order valence-electron chi connectivity index (χ3n) is 3.14. The maximum atomic E-state index is 13.7. The van der Waals surface area contributed by atoms with Crippen LogP contribution in [-0.2, 0) is 9.59 Å². The lowest BCUT2D eigenvalue weighted by molar-refractivity contribution is -0.148. The van der Waals surface area contributed by atoms with E-state index < -0.39 is 17.8 Å². The van der Waals surface area contributed by atoms with Crippen LogP contribution in [0.1, 0.15) is 18.0 Å². The average molecular weight is 261 g/mol. The molecule has 98 valence electrons. The number of likely N-dealkylation sites (tertiary alicyclic amines) is 1. The third-order valence-corrected chi connectivity index (χ3v) is 3.14. The first-order valence-electron chi connectivity index (χ1n) is 5.77. The van der Waals surface area contributed by atoms with Gasteiger partial charge in [-0.1, -0.05) is 18.2 Å². The van der Waals surface area contributed by atoms with Gasteiger partial charge in [-0.15, -0.1) is 12.3 Å². The first-order chi connectivity index (χ1) is 9.04. The van der Waals surface area contributed by atoms with Crippen molar-refractivity contribution in [3.63, 3.8) is 0 Å². The van der Waals surface area contributed by atoms with Crippen LogP contribution < -0.4 is 0 Å². The number of rotatable bonds is 3. The maximum Gasteiger partial charge on any atom is 0.331 e. The molecule has 5 heteroatoms. The molecule has 1 heterocycles. The van der Waals surface area contributed by atoms with Gasteiger partial charge in [0.05, 0.1) is 0 Å². The zero-order valence-electron chi connectivity index (χ0n) is 10.0. The van der Waals surface area contributed by atoms with E-state index in [1.807, 2.05) is 0 Å². The molecule has 0 aromatic heterocycles. The van der Waals surface area contributed by atoms with Gasteiger partial charge in [-0.2, -0.15) is 0 Å². The fourth-order valence-corrected chi connectivity index (χ4v) is 2.22. The Morgan fingerprint density at radius 2 is 2.21 bits per heavy atom. The van der Waals surface area contributed by atoms with Gasteiger partial charge >= 0.3 is 5.97 Å². The quantitative estimate of drug-likeness (QED) is 0.837. The molecular weight excluding hydrogens is 249 g/mol. The van der Waals surface area contributed by atoms with Crippen LogP contribution in [0.2, 0.25) is 0 Å². The molecule has 2 unspecified atom stereocenters. The first kappa shape index (κ1) is 13.1. The summed E-state index contributed by atoms with van der Waals surface area (Å²) in [6.45, 7) is 0.140. The number of terminal acetylenes is 1. The topological polar surface area (TPSA) is 57.6 Å². The van der Waals surface area contributed by atoms with Gasteiger partial charge in [-0.05, 0) is 6.07 Å². The van der Waals surface area contributed by atoms with Crippen LogP contribution in [0.25, 0.3) is 0 Å². The lowest BCUT2D eigenvalue weighted by atomic mass is 10.0. The van der Waals surface area contributed by atoms with Crippen LogP contribution in [-0.4, -0.2) is 28.4 Å². The molecule has 0 saturated carbocycles. The van der Waals surface area contributed by atoms with E-state index in [0.29, 0.717) is 0 Å². The van der Waals surface area contributed by atoms with Crippen LogP contribution in [0.4, 0.5) is 4.39 Å². The first-order valence-corrected chi connectivity index (χ1v) is 5.77. The van der Waals surface area contributed by atoms with Crippen molar-refractivity contribution < 1.29 is 19.1 Å². The number of amides is 1. The molecule has 0 radical (unpaired) electrons. The second kappa shape index (κ2) is 5.11. The van der Waals surface area contributed by atoms with E-state index in [2.05, 4.69) is 5.92 Å². The number of carboxylic acid groups (broad SMARTS) is 1. The number of nitrogens with zero attached hydrogens (tertiary/aromatic N) is 1. The Morgan fingerprint density at radius 1 is 1.53 bits per heavy atom. The normalized spacial score (nSPS) is 20.1. The van der Waals surface area contributed by atoms with Gasteiger partial charge in [0.15, 0.2) is 6.04 Å². The van der Waals surface area contributed by atoms with Crippen LogP contribution >= 0.6 is 0 Å². The highest BCUT2D eigenvalue weighted by Crippen LogP contribution is 2.30. The number of aliphatic carboxylic acids is 1. The van der Waals surface area contributed by atoms with Crippen LogP contribution in [0.3, 0.4) is 0 Å². The Labute approximate surface area is 109 Å². The van der Waals surface area contributed by atoms with E-state index >= 15 is 0 Å². The van der Waals surface area contributed by atoms with Crippen molar-refractivity contribution in [1.82, 2.24) is 4.90 Å². The molecule has 1 aromatic rings. The van der Waals surface area contributed by atoms with Crippen molar-refractivity contribution in [3.05, 3.63) is 35.6 Å². The number of halogens is 1. The predicted octanol–water partition coefficient (Wildman–Crippen LogP) is 1.43. The van der Waals surface area contributed by atoms with Gasteiger partial charge in [-0.25, -0.2) is 9.18 Å². The van der Waals surface area contributed by atoms with Gasteiger partial charge in [0.1, 0.15) is 5.82 Å². The molecule has 1 aliphatic heterocycles. The van der Waals surface area contributed by atoms with Gasteiger partial charge in [0.25, 0.3) is 0 Å². The molecule has 1 N–H and O–H groups in total. The van der Waals surface area contributed by atoms with Crippen molar-refractivity contribution in [1.29, 1.82) is 0 Å². The summed E-state index contributed by atoms with van der Waals surface area (Å²) >= 11 is 0. The highest BCUT2D eigenvalue weighted by atomic mass is 19.1. The fraction of sp³-hybridized carbons (Fsp3) is 0.286. The molecule has 2 rings (SSSR count). The van der Waals surface area contributed by atoms with Crippen molar-refractivity contribution >= 4 is 11.9 Å². The van der Waals surface area contributed by atoms with Gasteiger partial charge in [0.2, 0.25) is 5.91 Å². The van der Waals surface area contributed by atoms with Crippen LogP contribution in [0, 0.1) is 24.1 Å². The third kappa shape index (κ3) is 2.43. The second-order valence-electron chi connectivity index (χ2n) is 4.38. The minimum absolute atomic E-state index is 0.0268. The minimum Gasteiger partial charge on any atom is -0.479 e. The average Bonchev–Trinajstić information content (AvgIpc) is 2.73. The molecule has 0 bridgehead atoms. The molecule has 1 fully saturated rings. The molecule has 2 atom stereocenters. The highest BCUT2D eigenvalue weighted by molar-refractivity contribution is 5.86. The number of hydrogen-bond donors (Lipinski definition) is 1. The Kier molecular flexibility index (Phi) is 3.52. The monoisotopic (exact) mass is 261 g/mol. The summed E-state index contributed by atoms with van der Waals surface area (Å²) in [5.41, 5.74) is -0.0268. The summed E-state index contributed by atoms with van der Waals surface area (Å²) in [4.78, 5) is 24.3. The van der Waals surface area contributed by atoms with Gasteiger partial charge in [-0.3, -0.25) is 4.79 Å². The largest absolute Gasteiger partial charge is 0.479 e. The van der Waals surface area contributed by atoms with Gasteiger partial charge in [0, 0.05) is 24.4 Å².